The second-order valence-corrected chi connectivity index (χ2v) is 6.64. The van der Waals surface area contributed by atoms with E-state index < -0.39 is 0 Å². The van der Waals surface area contributed by atoms with Gasteiger partial charge in [-0.25, -0.2) is 15.0 Å². The molecule has 5 rings (SSSR count). The van der Waals surface area contributed by atoms with E-state index >= 15 is 0 Å². The largest absolute Gasteiger partial charge is 0.373 e. The van der Waals surface area contributed by atoms with Gasteiger partial charge < -0.3 is 14.6 Å². The number of nitrogens with one attached hydrogen (secondary N) is 1. The van der Waals surface area contributed by atoms with Crippen LogP contribution in [0, 0.1) is 0 Å². The minimum atomic E-state index is 0.213. The number of benzene rings is 1. The highest BCUT2D eigenvalue weighted by molar-refractivity contribution is 5.82. The predicted octanol–water partition coefficient (Wildman–Crippen LogP) is 1.44. The van der Waals surface area contributed by atoms with Gasteiger partial charge in [-0.15, -0.1) is 0 Å². The molecule has 4 heterocycles. The Balaban J connectivity index is 1.39. The molecule has 0 radical (unpaired) electrons. The van der Waals surface area contributed by atoms with Crippen molar-refractivity contribution in [1.82, 2.24) is 24.8 Å². The summed E-state index contributed by atoms with van der Waals surface area (Å²) in [4.78, 5) is 20.9. The van der Waals surface area contributed by atoms with Gasteiger partial charge in [-0.3, -0.25) is 4.90 Å². The van der Waals surface area contributed by atoms with Crippen LogP contribution in [0.3, 0.4) is 0 Å². The number of fused-ring (bicyclic) bond motifs is 2. The van der Waals surface area contributed by atoms with Crippen LogP contribution in [-0.2, 0) is 11.3 Å². The lowest BCUT2D eigenvalue weighted by Gasteiger charge is -2.36. The molecule has 0 saturated carbocycles. The van der Waals surface area contributed by atoms with Gasteiger partial charge in [0.1, 0.15) is 11.8 Å². The van der Waals surface area contributed by atoms with Gasteiger partial charge in [-0.1, -0.05) is 30.3 Å². The van der Waals surface area contributed by atoms with Crippen molar-refractivity contribution in [2.75, 3.05) is 31.1 Å². The Labute approximate surface area is 145 Å². The fraction of sp³-hybridized carbons (Fsp3) is 0.389. The Bertz CT molecular complexity index is 866. The highest BCUT2D eigenvalue weighted by atomic mass is 16.5. The van der Waals surface area contributed by atoms with Gasteiger partial charge in [0.25, 0.3) is 0 Å². The number of ether oxygens (including phenoxy) is 1. The number of rotatable bonds is 3. The molecule has 7 nitrogen and oxygen atoms in total. The maximum atomic E-state index is 6.06. The average Bonchev–Trinajstić information content (AvgIpc) is 3.29. The summed E-state index contributed by atoms with van der Waals surface area (Å²) in [6.07, 6.45) is 3.47. The summed E-state index contributed by atoms with van der Waals surface area (Å²) in [5.74, 6) is 0.917. The molecule has 128 valence electrons. The normalized spacial score (nSPS) is 23.9. The molecule has 25 heavy (non-hydrogen) atoms. The first-order chi connectivity index (χ1) is 12.4. The maximum absolute atomic E-state index is 6.06. The third kappa shape index (κ3) is 2.65. The van der Waals surface area contributed by atoms with E-state index in [2.05, 4.69) is 60.1 Å². The molecule has 2 saturated heterocycles. The molecular weight excluding hydrogens is 316 g/mol. The van der Waals surface area contributed by atoms with Gasteiger partial charge in [0, 0.05) is 26.2 Å². The number of H-pyrrole nitrogens is 1. The number of morpholine rings is 1. The molecule has 2 aliphatic heterocycles. The summed E-state index contributed by atoms with van der Waals surface area (Å²) in [6, 6.07) is 11.0. The molecule has 0 amide bonds. The van der Waals surface area contributed by atoms with E-state index in [9.17, 15) is 0 Å². The van der Waals surface area contributed by atoms with Gasteiger partial charge in [-0.05, 0) is 5.56 Å². The summed E-state index contributed by atoms with van der Waals surface area (Å²) in [5, 5.41) is 0. The van der Waals surface area contributed by atoms with Gasteiger partial charge >= 0.3 is 0 Å². The van der Waals surface area contributed by atoms with Crippen molar-refractivity contribution in [3.05, 3.63) is 48.5 Å². The molecule has 2 fully saturated rings. The van der Waals surface area contributed by atoms with Crippen LogP contribution in [0.1, 0.15) is 5.56 Å². The van der Waals surface area contributed by atoms with Crippen LogP contribution in [0.5, 0.6) is 0 Å². The fourth-order valence-electron chi connectivity index (χ4n) is 3.94. The Kier molecular flexibility index (Phi) is 3.61. The number of hydrogen-bond donors (Lipinski definition) is 1. The van der Waals surface area contributed by atoms with E-state index in [-0.39, 0.29) is 6.10 Å². The number of aromatic nitrogens is 4. The first-order valence-corrected chi connectivity index (χ1v) is 8.67. The smallest absolute Gasteiger partial charge is 0.182 e. The lowest BCUT2D eigenvalue weighted by Crippen LogP contribution is -2.50. The molecule has 1 aromatic carbocycles. The zero-order chi connectivity index (χ0) is 16.6. The Morgan fingerprint density at radius 1 is 1.12 bits per heavy atom. The lowest BCUT2D eigenvalue weighted by molar-refractivity contribution is -0.0499. The summed E-state index contributed by atoms with van der Waals surface area (Å²) in [5.41, 5.74) is 2.96. The summed E-state index contributed by atoms with van der Waals surface area (Å²) in [6.45, 7) is 4.46. The van der Waals surface area contributed by atoms with Crippen LogP contribution >= 0.6 is 0 Å². The molecule has 2 aromatic heterocycles. The van der Waals surface area contributed by atoms with Crippen LogP contribution in [0.2, 0.25) is 0 Å². The van der Waals surface area contributed by atoms with Crippen LogP contribution in [0.15, 0.2) is 43.0 Å². The van der Waals surface area contributed by atoms with Crippen LogP contribution in [-0.4, -0.2) is 63.2 Å². The number of nitrogens with zero attached hydrogens (tertiary/aromatic N) is 5. The van der Waals surface area contributed by atoms with E-state index in [1.165, 1.54) is 5.56 Å². The van der Waals surface area contributed by atoms with Crippen molar-refractivity contribution in [3.8, 4) is 0 Å². The molecule has 0 bridgehead atoms. The van der Waals surface area contributed by atoms with Crippen molar-refractivity contribution < 1.29 is 4.74 Å². The molecular formula is C18H20N6O. The molecule has 3 aromatic rings. The van der Waals surface area contributed by atoms with Gasteiger partial charge in [0.05, 0.1) is 25.1 Å². The van der Waals surface area contributed by atoms with E-state index in [4.69, 9.17) is 4.74 Å². The molecule has 0 aliphatic carbocycles. The third-order valence-electron chi connectivity index (χ3n) is 5.15. The Morgan fingerprint density at radius 3 is 2.96 bits per heavy atom. The zero-order valence-electron chi connectivity index (χ0n) is 13.9. The quantitative estimate of drug-likeness (QED) is 0.780. The topological polar surface area (TPSA) is 70.2 Å². The van der Waals surface area contributed by atoms with Crippen LogP contribution in [0.25, 0.3) is 11.2 Å². The number of hydrogen-bond acceptors (Lipinski definition) is 6. The first kappa shape index (κ1) is 14.8. The third-order valence-corrected chi connectivity index (χ3v) is 5.15. The number of anilines is 1. The van der Waals surface area contributed by atoms with E-state index in [0.29, 0.717) is 11.7 Å². The fourth-order valence-corrected chi connectivity index (χ4v) is 3.94. The van der Waals surface area contributed by atoms with Gasteiger partial charge in [0.2, 0.25) is 0 Å². The minimum absolute atomic E-state index is 0.213. The van der Waals surface area contributed by atoms with E-state index in [1.807, 2.05) is 0 Å². The van der Waals surface area contributed by atoms with E-state index in [1.54, 1.807) is 12.7 Å². The monoisotopic (exact) mass is 336 g/mol. The Morgan fingerprint density at radius 2 is 2.04 bits per heavy atom. The summed E-state index contributed by atoms with van der Waals surface area (Å²) >= 11 is 0. The second-order valence-electron chi connectivity index (χ2n) is 6.64. The van der Waals surface area contributed by atoms with Crippen molar-refractivity contribution in [2.24, 2.45) is 0 Å². The molecule has 1 N–H and O–H groups in total. The lowest BCUT2D eigenvalue weighted by atomic mass is 10.1. The van der Waals surface area contributed by atoms with Crippen LogP contribution < -0.4 is 4.90 Å². The molecule has 2 atom stereocenters. The molecule has 0 unspecified atom stereocenters. The van der Waals surface area contributed by atoms with Crippen molar-refractivity contribution in [1.29, 1.82) is 0 Å². The Hall–Kier alpha value is -2.51. The number of imidazole rings is 1. The second kappa shape index (κ2) is 6.09. The standard InChI is InChI=1S/C18H20N6O/c1-2-4-13(5-3-1)8-23-6-7-25-15-10-24(9-14(15)23)18-16-17(20-11-19-16)21-12-22-18/h1-5,11-12,14-15H,6-10H2,(H,19,20,21,22)/t14-,15-/m0/s1. The highest BCUT2D eigenvalue weighted by Gasteiger charge is 2.41. The predicted molar refractivity (Wildman–Crippen MR) is 94.3 cm³/mol. The molecule has 7 heteroatoms. The summed E-state index contributed by atoms with van der Waals surface area (Å²) in [7, 11) is 0. The first-order valence-electron chi connectivity index (χ1n) is 8.67. The molecule has 0 spiro atoms. The van der Waals surface area contributed by atoms with Crippen LogP contribution in [0.4, 0.5) is 5.82 Å². The highest BCUT2D eigenvalue weighted by Crippen LogP contribution is 2.29. The van der Waals surface area contributed by atoms with Crippen molar-refractivity contribution in [2.45, 2.75) is 18.7 Å². The average molecular weight is 336 g/mol. The van der Waals surface area contributed by atoms with Crippen molar-refractivity contribution in [3.63, 3.8) is 0 Å². The van der Waals surface area contributed by atoms with Gasteiger partial charge in [-0.2, -0.15) is 0 Å². The van der Waals surface area contributed by atoms with Gasteiger partial charge in [0.15, 0.2) is 11.5 Å². The minimum Gasteiger partial charge on any atom is -0.373 e. The SMILES string of the molecule is c1ccc(CN2CCO[C@H]3CN(c4ncnc5nc[nH]c45)C[C@@H]32)cc1. The summed E-state index contributed by atoms with van der Waals surface area (Å²) < 4.78 is 6.06. The zero-order valence-corrected chi connectivity index (χ0v) is 13.9. The van der Waals surface area contributed by atoms with Crippen molar-refractivity contribution >= 4 is 17.0 Å². The molecule has 2 aliphatic rings. The maximum Gasteiger partial charge on any atom is 0.182 e. The number of aromatic amines is 1. The van der Waals surface area contributed by atoms with E-state index in [0.717, 1.165) is 44.1 Å².